The first kappa shape index (κ1) is 17.8. The Morgan fingerprint density at radius 1 is 1.13 bits per heavy atom. The summed E-state index contributed by atoms with van der Waals surface area (Å²) >= 11 is 3.34. The number of benzene rings is 2. The number of aromatic hydroxyl groups is 1. The highest BCUT2D eigenvalue weighted by Crippen LogP contribution is 2.39. The van der Waals surface area contributed by atoms with Crippen molar-refractivity contribution in [2.45, 2.75) is 38.5 Å². The van der Waals surface area contributed by atoms with E-state index in [4.69, 9.17) is 0 Å². The predicted molar refractivity (Wildman–Crippen MR) is 96.6 cm³/mol. The fraction of sp³-hybridized carbons (Fsp3) is 0.294. The Morgan fingerprint density at radius 2 is 1.70 bits per heavy atom. The number of aryl methyl sites for hydroxylation is 1. The molecule has 0 aliphatic heterocycles. The van der Waals surface area contributed by atoms with Crippen molar-refractivity contribution >= 4 is 31.6 Å². The SMILES string of the molecule is Cc1ccc(S(=O)(=O)Nc2cc(C(C)C)c(O)c(Br)c2C)cc1. The Balaban J connectivity index is 2.49. The highest BCUT2D eigenvalue weighted by Gasteiger charge is 2.20. The number of rotatable bonds is 4. The van der Waals surface area contributed by atoms with Crippen LogP contribution in [-0.4, -0.2) is 13.5 Å². The topological polar surface area (TPSA) is 66.4 Å². The second kappa shape index (κ2) is 6.53. The Bertz CT molecular complexity index is 828. The first-order chi connectivity index (χ1) is 10.6. The van der Waals surface area contributed by atoms with Crippen LogP contribution < -0.4 is 4.72 Å². The first-order valence-corrected chi connectivity index (χ1v) is 9.52. The molecule has 0 radical (unpaired) electrons. The summed E-state index contributed by atoms with van der Waals surface area (Å²) in [6.07, 6.45) is 0. The van der Waals surface area contributed by atoms with Crippen molar-refractivity contribution in [3.05, 3.63) is 51.5 Å². The smallest absolute Gasteiger partial charge is 0.261 e. The molecule has 0 fully saturated rings. The second-order valence-corrected chi connectivity index (χ2v) is 8.35. The third-order valence-corrected chi connectivity index (χ3v) is 6.06. The van der Waals surface area contributed by atoms with Gasteiger partial charge in [-0.1, -0.05) is 31.5 Å². The zero-order chi connectivity index (χ0) is 17.4. The zero-order valence-electron chi connectivity index (χ0n) is 13.5. The number of halogens is 1. The van der Waals surface area contributed by atoms with Gasteiger partial charge in [0.05, 0.1) is 15.1 Å². The third kappa shape index (κ3) is 3.70. The molecule has 124 valence electrons. The predicted octanol–water partition coefficient (Wildman–Crippen LogP) is 4.70. The van der Waals surface area contributed by atoms with Crippen molar-refractivity contribution in [2.75, 3.05) is 4.72 Å². The molecule has 0 bridgehead atoms. The molecule has 0 spiro atoms. The molecule has 2 rings (SSSR count). The molecule has 0 aromatic heterocycles. The molecule has 0 heterocycles. The zero-order valence-corrected chi connectivity index (χ0v) is 15.9. The minimum Gasteiger partial charge on any atom is -0.506 e. The lowest BCUT2D eigenvalue weighted by molar-refractivity contribution is 0.461. The maximum absolute atomic E-state index is 12.6. The average Bonchev–Trinajstić information content (AvgIpc) is 2.48. The molecular weight excluding hydrogens is 378 g/mol. The number of hydrogen-bond acceptors (Lipinski definition) is 3. The van der Waals surface area contributed by atoms with Gasteiger partial charge >= 0.3 is 0 Å². The molecule has 23 heavy (non-hydrogen) atoms. The Labute approximate surface area is 145 Å². The molecule has 0 saturated carbocycles. The van der Waals surface area contributed by atoms with E-state index in [1.807, 2.05) is 20.8 Å². The van der Waals surface area contributed by atoms with Crippen LogP contribution in [0.25, 0.3) is 0 Å². The number of phenols is 1. The van der Waals surface area contributed by atoms with E-state index in [0.717, 1.165) is 5.56 Å². The van der Waals surface area contributed by atoms with E-state index in [1.54, 1.807) is 37.3 Å². The van der Waals surface area contributed by atoms with E-state index in [1.165, 1.54) is 0 Å². The fourth-order valence-electron chi connectivity index (χ4n) is 2.22. The normalized spacial score (nSPS) is 11.7. The second-order valence-electron chi connectivity index (χ2n) is 5.87. The largest absolute Gasteiger partial charge is 0.506 e. The van der Waals surface area contributed by atoms with Gasteiger partial charge in [-0.05, 0) is 65.0 Å². The number of anilines is 1. The summed E-state index contributed by atoms with van der Waals surface area (Å²) in [5.41, 5.74) is 2.78. The number of sulfonamides is 1. The van der Waals surface area contributed by atoms with E-state index in [-0.39, 0.29) is 16.6 Å². The third-order valence-electron chi connectivity index (χ3n) is 3.71. The van der Waals surface area contributed by atoms with Crippen molar-refractivity contribution < 1.29 is 13.5 Å². The van der Waals surface area contributed by atoms with E-state index in [2.05, 4.69) is 20.7 Å². The lowest BCUT2D eigenvalue weighted by Gasteiger charge is -2.17. The number of hydrogen-bond donors (Lipinski definition) is 2. The van der Waals surface area contributed by atoms with Crippen molar-refractivity contribution in [2.24, 2.45) is 0 Å². The van der Waals surface area contributed by atoms with Gasteiger partial charge in [0.15, 0.2) is 0 Å². The maximum Gasteiger partial charge on any atom is 0.261 e. The summed E-state index contributed by atoms with van der Waals surface area (Å²) in [7, 11) is -3.68. The van der Waals surface area contributed by atoms with Crippen LogP contribution in [0.1, 0.15) is 36.5 Å². The summed E-state index contributed by atoms with van der Waals surface area (Å²) in [6, 6.07) is 8.35. The van der Waals surface area contributed by atoms with Crippen LogP contribution in [0.15, 0.2) is 39.7 Å². The molecule has 0 aliphatic rings. The minimum absolute atomic E-state index is 0.0644. The van der Waals surface area contributed by atoms with Gasteiger partial charge in [-0.25, -0.2) is 8.42 Å². The van der Waals surface area contributed by atoms with Gasteiger partial charge in [-0.15, -0.1) is 0 Å². The minimum atomic E-state index is -3.68. The van der Waals surface area contributed by atoms with Gasteiger partial charge in [-0.3, -0.25) is 4.72 Å². The quantitative estimate of drug-likeness (QED) is 0.734. The molecule has 6 heteroatoms. The molecule has 2 aromatic rings. The Morgan fingerprint density at radius 3 is 2.22 bits per heavy atom. The lowest BCUT2D eigenvalue weighted by atomic mass is 9.99. The van der Waals surface area contributed by atoms with Crippen molar-refractivity contribution in [1.29, 1.82) is 0 Å². The van der Waals surface area contributed by atoms with Gasteiger partial charge in [0, 0.05) is 0 Å². The van der Waals surface area contributed by atoms with E-state index in [0.29, 0.717) is 21.3 Å². The van der Waals surface area contributed by atoms with Crippen LogP contribution in [-0.2, 0) is 10.0 Å². The van der Waals surface area contributed by atoms with Crippen molar-refractivity contribution in [1.82, 2.24) is 0 Å². The van der Waals surface area contributed by atoms with Gasteiger partial charge in [0.1, 0.15) is 5.75 Å². The Hall–Kier alpha value is -1.53. The van der Waals surface area contributed by atoms with Crippen LogP contribution in [0.2, 0.25) is 0 Å². The molecule has 2 aromatic carbocycles. The molecule has 2 N–H and O–H groups in total. The van der Waals surface area contributed by atoms with E-state index >= 15 is 0 Å². The first-order valence-electron chi connectivity index (χ1n) is 7.25. The summed E-state index contributed by atoms with van der Waals surface area (Å²) in [5.74, 6) is 0.213. The van der Waals surface area contributed by atoms with Gasteiger partial charge < -0.3 is 5.11 Å². The van der Waals surface area contributed by atoms with Crippen LogP contribution in [0.5, 0.6) is 5.75 Å². The van der Waals surface area contributed by atoms with Gasteiger partial charge in [0.25, 0.3) is 10.0 Å². The standard InChI is InChI=1S/C17H20BrNO3S/c1-10(2)14-9-15(12(4)16(18)17(14)20)19-23(21,22)13-7-5-11(3)6-8-13/h5-10,19-20H,1-4H3. The maximum atomic E-state index is 12.6. The summed E-state index contributed by atoms with van der Waals surface area (Å²) in [6.45, 7) is 7.53. The molecule has 4 nitrogen and oxygen atoms in total. The Kier molecular flexibility index (Phi) is 5.06. The highest BCUT2D eigenvalue weighted by molar-refractivity contribution is 9.10. The highest BCUT2D eigenvalue weighted by atomic mass is 79.9. The summed E-state index contributed by atoms with van der Waals surface area (Å²) in [4.78, 5) is 0.206. The van der Waals surface area contributed by atoms with Crippen LogP contribution >= 0.6 is 15.9 Å². The summed E-state index contributed by atoms with van der Waals surface area (Å²) in [5, 5.41) is 10.2. The fourth-order valence-corrected chi connectivity index (χ4v) is 3.78. The van der Waals surface area contributed by atoms with Gasteiger partial charge in [0.2, 0.25) is 0 Å². The number of phenolic OH excluding ortho intramolecular Hbond substituents is 1. The van der Waals surface area contributed by atoms with Crippen molar-refractivity contribution in [3.8, 4) is 5.75 Å². The number of nitrogens with one attached hydrogen (secondary N) is 1. The van der Waals surface area contributed by atoms with Crippen molar-refractivity contribution in [3.63, 3.8) is 0 Å². The molecule has 0 saturated heterocycles. The van der Waals surface area contributed by atoms with E-state index < -0.39 is 10.0 Å². The van der Waals surface area contributed by atoms with Crippen LogP contribution in [0, 0.1) is 13.8 Å². The van der Waals surface area contributed by atoms with E-state index in [9.17, 15) is 13.5 Å². The van der Waals surface area contributed by atoms with Gasteiger partial charge in [-0.2, -0.15) is 0 Å². The van der Waals surface area contributed by atoms with Crippen LogP contribution in [0.4, 0.5) is 5.69 Å². The average molecular weight is 398 g/mol. The van der Waals surface area contributed by atoms with Crippen LogP contribution in [0.3, 0.4) is 0 Å². The molecule has 0 amide bonds. The molecular formula is C17H20BrNO3S. The summed E-state index contributed by atoms with van der Waals surface area (Å²) < 4.78 is 28.2. The monoisotopic (exact) mass is 397 g/mol. The molecule has 0 atom stereocenters. The molecule has 0 unspecified atom stereocenters. The lowest BCUT2D eigenvalue weighted by Crippen LogP contribution is -2.14. The molecule has 0 aliphatic carbocycles.